The Morgan fingerprint density at radius 3 is 2.78 bits per heavy atom. The predicted octanol–water partition coefficient (Wildman–Crippen LogP) is 2.38. The molecule has 1 atom stereocenters. The number of pyridine rings is 1. The molecule has 5 rings (SSSR count). The summed E-state index contributed by atoms with van der Waals surface area (Å²) in [7, 11) is -3.34. The van der Waals surface area contributed by atoms with Crippen molar-refractivity contribution in [1.29, 1.82) is 0 Å². The summed E-state index contributed by atoms with van der Waals surface area (Å²) >= 11 is 0. The van der Waals surface area contributed by atoms with Gasteiger partial charge in [0.1, 0.15) is 12.0 Å². The Bertz CT molecular complexity index is 1240. The first kappa shape index (κ1) is 21.0. The number of nitrogens with one attached hydrogen (secondary N) is 1. The summed E-state index contributed by atoms with van der Waals surface area (Å²) in [4.78, 5) is 16.2. The molecule has 1 aliphatic carbocycles. The van der Waals surface area contributed by atoms with Crippen molar-refractivity contribution in [3.05, 3.63) is 42.4 Å². The van der Waals surface area contributed by atoms with Crippen molar-refractivity contribution in [2.75, 3.05) is 11.2 Å². The van der Waals surface area contributed by atoms with E-state index in [1.807, 2.05) is 16.8 Å². The average Bonchev–Trinajstić information content (AvgIpc) is 3.48. The molecule has 0 radical (unpaired) electrons. The maximum Gasteiger partial charge on any atom is 0.209 e. The van der Waals surface area contributed by atoms with Crippen LogP contribution in [0.5, 0.6) is 0 Å². The lowest BCUT2D eigenvalue weighted by molar-refractivity contribution is 0.469. The first-order chi connectivity index (χ1) is 15.5. The molecule has 0 amide bonds. The lowest BCUT2D eigenvalue weighted by Crippen LogP contribution is -2.42. The third-order valence-electron chi connectivity index (χ3n) is 6.24. The maximum atomic E-state index is 11.6. The van der Waals surface area contributed by atoms with Crippen LogP contribution in [-0.4, -0.2) is 50.4 Å². The molecular weight excluding hydrogens is 428 g/mol. The van der Waals surface area contributed by atoms with E-state index in [2.05, 4.69) is 36.7 Å². The molecule has 10 nitrogen and oxygen atoms in total. The summed E-state index contributed by atoms with van der Waals surface area (Å²) in [6.07, 6.45) is 13.6. The third kappa shape index (κ3) is 3.75. The molecule has 0 spiro atoms. The molecule has 0 unspecified atom stereocenters. The van der Waals surface area contributed by atoms with Crippen LogP contribution in [0.1, 0.15) is 56.5 Å². The first-order valence-corrected chi connectivity index (χ1v) is 12.8. The summed E-state index contributed by atoms with van der Waals surface area (Å²) in [5, 5.41) is 8.58. The molecule has 168 valence electrons. The van der Waals surface area contributed by atoms with Gasteiger partial charge in [-0.2, -0.15) is 0 Å². The number of sulfonamides is 1. The smallest absolute Gasteiger partial charge is 0.209 e. The van der Waals surface area contributed by atoms with Gasteiger partial charge in [0.25, 0.3) is 0 Å². The number of aromatic nitrogens is 6. The molecule has 32 heavy (non-hydrogen) atoms. The van der Waals surface area contributed by atoms with Gasteiger partial charge in [-0.3, -0.25) is 9.55 Å². The van der Waals surface area contributed by atoms with Gasteiger partial charge in [-0.25, -0.2) is 23.1 Å². The highest BCUT2D eigenvalue weighted by Gasteiger charge is 2.38. The van der Waals surface area contributed by atoms with Crippen LogP contribution in [0.25, 0.3) is 17.1 Å². The molecule has 4 heterocycles. The lowest BCUT2D eigenvalue weighted by atomic mass is 10.0. The second-order valence-electron chi connectivity index (χ2n) is 8.36. The van der Waals surface area contributed by atoms with Crippen molar-refractivity contribution in [2.24, 2.45) is 0 Å². The molecule has 2 aliphatic rings. The summed E-state index contributed by atoms with van der Waals surface area (Å²) in [5.74, 6) is 2.34. The van der Waals surface area contributed by atoms with Gasteiger partial charge < -0.3 is 4.90 Å². The summed E-state index contributed by atoms with van der Waals surface area (Å²) in [6, 6.07) is 2.32. The predicted molar refractivity (Wildman–Crippen MR) is 120 cm³/mol. The summed E-state index contributed by atoms with van der Waals surface area (Å²) < 4.78 is 27.7. The molecule has 1 fully saturated rings. The topological polar surface area (TPSA) is 119 Å². The zero-order valence-electron chi connectivity index (χ0n) is 18.1. The van der Waals surface area contributed by atoms with Gasteiger partial charge in [0.15, 0.2) is 17.5 Å². The molecule has 3 aromatic heterocycles. The normalized spacial score (nSPS) is 18.6. The Morgan fingerprint density at radius 1 is 1.22 bits per heavy atom. The van der Waals surface area contributed by atoms with E-state index in [1.54, 1.807) is 18.7 Å². The van der Waals surface area contributed by atoms with E-state index in [4.69, 9.17) is 4.98 Å². The molecule has 11 heteroatoms. The average molecular weight is 455 g/mol. The number of rotatable bonds is 6. The lowest BCUT2D eigenvalue weighted by Gasteiger charge is -2.40. The molecule has 1 aliphatic heterocycles. The van der Waals surface area contributed by atoms with Gasteiger partial charge in [-0.05, 0) is 30.9 Å². The monoisotopic (exact) mass is 454 g/mol. The Morgan fingerprint density at radius 2 is 2.03 bits per heavy atom. The Balaban J connectivity index is 1.62. The van der Waals surface area contributed by atoms with Gasteiger partial charge >= 0.3 is 0 Å². The SMILES string of the molecule is CC[C@@H]1c2nncn2-c2cnc(-c3ccncc3CNS(C)(=O)=O)nc2N1C1CCCC1. The van der Waals surface area contributed by atoms with Crippen LogP contribution >= 0.6 is 0 Å². The van der Waals surface area contributed by atoms with Crippen LogP contribution in [0.3, 0.4) is 0 Å². The molecule has 0 bridgehead atoms. The fourth-order valence-electron chi connectivity index (χ4n) is 4.77. The van der Waals surface area contributed by atoms with E-state index in [0.29, 0.717) is 11.9 Å². The van der Waals surface area contributed by atoms with Gasteiger partial charge in [0.05, 0.1) is 18.5 Å². The quantitative estimate of drug-likeness (QED) is 0.603. The molecule has 1 N–H and O–H groups in total. The second-order valence-corrected chi connectivity index (χ2v) is 10.2. The van der Waals surface area contributed by atoms with Crippen molar-refractivity contribution in [3.8, 4) is 17.1 Å². The van der Waals surface area contributed by atoms with Crippen molar-refractivity contribution in [2.45, 2.75) is 57.7 Å². The maximum absolute atomic E-state index is 11.6. The Kier molecular flexibility index (Phi) is 5.38. The van der Waals surface area contributed by atoms with E-state index < -0.39 is 10.0 Å². The molecule has 0 saturated heterocycles. The first-order valence-electron chi connectivity index (χ1n) is 10.9. The number of fused-ring (bicyclic) bond motifs is 3. The Hall–Kier alpha value is -2.92. The van der Waals surface area contributed by atoms with Crippen molar-refractivity contribution in [3.63, 3.8) is 0 Å². The minimum absolute atomic E-state index is 0.0969. The summed E-state index contributed by atoms with van der Waals surface area (Å²) in [6.45, 7) is 2.29. The second kappa shape index (κ2) is 8.21. The van der Waals surface area contributed by atoms with E-state index >= 15 is 0 Å². The number of anilines is 1. The molecule has 3 aromatic rings. The van der Waals surface area contributed by atoms with Crippen molar-refractivity contribution < 1.29 is 8.42 Å². The van der Waals surface area contributed by atoms with E-state index in [9.17, 15) is 8.42 Å². The molecule has 0 aromatic carbocycles. The Labute approximate surface area is 187 Å². The van der Waals surface area contributed by atoms with Crippen LogP contribution < -0.4 is 9.62 Å². The van der Waals surface area contributed by atoms with E-state index in [-0.39, 0.29) is 12.6 Å². The van der Waals surface area contributed by atoms with Crippen LogP contribution in [0.4, 0.5) is 5.82 Å². The highest BCUT2D eigenvalue weighted by Crippen LogP contribution is 2.43. The molecule has 1 saturated carbocycles. The van der Waals surface area contributed by atoms with Crippen LogP contribution in [-0.2, 0) is 16.6 Å². The highest BCUT2D eigenvalue weighted by molar-refractivity contribution is 7.88. The van der Waals surface area contributed by atoms with Crippen LogP contribution in [0.2, 0.25) is 0 Å². The molecular formula is C21H26N8O2S. The van der Waals surface area contributed by atoms with E-state index in [0.717, 1.165) is 54.0 Å². The minimum atomic E-state index is -3.34. The fourth-order valence-corrected chi connectivity index (χ4v) is 5.19. The standard InChI is InChI=1S/C21H26N8O2S/c1-3-17-21-27-24-13-28(21)18-12-23-19(26-20(18)29(17)15-6-4-5-7-15)16-8-9-22-10-14(16)11-25-32(2,30)31/h8-10,12-13,15,17,25H,3-7,11H2,1-2H3/t17-/m1/s1. The fraction of sp³-hybridized carbons (Fsp3) is 0.476. The minimum Gasteiger partial charge on any atom is -0.342 e. The van der Waals surface area contributed by atoms with Crippen molar-refractivity contribution in [1.82, 2.24) is 34.4 Å². The zero-order chi connectivity index (χ0) is 22.3. The van der Waals surface area contributed by atoms with Gasteiger partial charge in [-0.1, -0.05) is 19.8 Å². The van der Waals surface area contributed by atoms with Crippen LogP contribution in [0.15, 0.2) is 31.0 Å². The number of hydrogen-bond acceptors (Lipinski definition) is 8. The van der Waals surface area contributed by atoms with Gasteiger partial charge in [0, 0.05) is 30.5 Å². The number of nitrogens with zero attached hydrogens (tertiary/aromatic N) is 7. The zero-order valence-corrected chi connectivity index (χ0v) is 19.0. The third-order valence-corrected chi connectivity index (χ3v) is 6.90. The van der Waals surface area contributed by atoms with E-state index in [1.165, 1.54) is 12.8 Å². The van der Waals surface area contributed by atoms with Gasteiger partial charge in [-0.15, -0.1) is 10.2 Å². The summed E-state index contributed by atoms with van der Waals surface area (Å²) in [5.41, 5.74) is 2.35. The van der Waals surface area contributed by atoms with Crippen molar-refractivity contribution >= 4 is 15.8 Å². The largest absolute Gasteiger partial charge is 0.342 e. The van der Waals surface area contributed by atoms with Gasteiger partial charge in [0.2, 0.25) is 10.0 Å². The van der Waals surface area contributed by atoms with Crippen LogP contribution in [0, 0.1) is 0 Å². The number of hydrogen-bond donors (Lipinski definition) is 1. The highest BCUT2D eigenvalue weighted by atomic mass is 32.2.